The largest absolute Gasteiger partial charge is 0.493 e. The molecule has 0 aromatic heterocycles. The smallest absolute Gasteiger partial charge is 0.203 e. The molecule has 6 heteroatoms. The second-order valence-corrected chi connectivity index (χ2v) is 6.15. The molecule has 0 amide bonds. The van der Waals surface area contributed by atoms with Crippen molar-refractivity contribution in [2.24, 2.45) is 11.1 Å². The van der Waals surface area contributed by atoms with Gasteiger partial charge in [-0.3, -0.25) is 0 Å². The van der Waals surface area contributed by atoms with E-state index in [1.807, 2.05) is 0 Å². The van der Waals surface area contributed by atoms with Crippen LogP contribution in [0.2, 0.25) is 0 Å². The molecule has 1 rings (SSSR count). The predicted molar refractivity (Wildman–Crippen MR) is 90.4 cm³/mol. The molecule has 0 unspecified atom stereocenters. The third-order valence-electron chi connectivity index (χ3n) is 3.68. The zero-order chi connectivity index (χ0) is 16.2. The highest BCUT2D eigenvalue weighted by molar-refractivity contribution is 5.85. The van der Waals surface area contributed by atoms with Gasteiger partial charge in [0.05, 0.1) is 27.4 Å². The molecule has 1 aromatic carbocycles. The second kappa shape index (κ2) is 8.46. The van der Waals surface area contributed by atoms with E-state index in [0.29, 0.717) is 29.2 Å². The summed E-state index contributed by atoms with van der Waals surface area (Å²) in [4.78, 5) is 0. The zero-order valence-corrected chi connectivity index (χ0v) is 15.0. The highest BCUT2D eigenvalue weighted by Gasteiger charge is 2.27. The molecule has 0 aliphatic rings. The number of benzene rings is 1. The van der Waals surface area contributed by atoms with Crippen LogP contribution in [-0.2, 0) is 0 Å². The average Bonchev–Trinajstić information content (AvgIpc) is 2.43. The predicted octanol–water partition coefficient (Wildman–Crippen LogP) is 2.93. The number of hydrogen-bond acceptors (Lipinski definition) is 5. The van der Waals surface area contributed by atoms with Crippen LogP contribution in [0.15, 0.2) is 12.1 Å². The van der Waals surface area contributed by atoms with E-state index in [9.17, 15) is 5.11 Å². The van der Waals surface area contributed by atoms with Crippen molar-refractivity contribution in [1.82, 2.24) is 0 Å². The molecule has 0 aliphatic carbocycles. The van der Waals surface area contributed by atoms with Gasteiger partial charge in [0, 0.05) is 11.6 Å². The number of ether oxygens (including phenoxy) is 3. The van der Waals surface area contributed by atoms with Gasteiger partial charge in [-0.2, -0.15) is 0 Å². The molecular weight excluding hydrogens is 306 g/mol. The maximum atomic E-state index is 10.5. The van der Waals surface area contributed by atoms with E-state index >= 15 is 0 Å². The van der Waals surface area contributed by atoms with Crippen LogP contribution in [0.25, 0.3) is 0 Å². The summed E-state index contributed by atoms with van der Waals surface area (Å²) in [6.07, 6.45) is -0.288. The highest BCUT2D eigenvalue weighted by Crippen LogP contribution is 2.43. The topological polar surface area (TPSA) is 73.9 Å². The van der Waals surface area contributed by atoms with E-state index in [4.69, 9.17) is 19.9 Å². The zero-order valence-electron chi connectivity index (χ0n) is 14.2. The molecule has 3 N–H and O–H groups in total. The number of nitrogens with two attached hydrogens (primary N) is 1. The minimum absolute atomic E-state index is 0. The monoisotopic (exact) mass is 333 g/mol. The SMILES string of the molecule is COc1ccc([C@H](O)C[C@H](N)C(C)(C)C)c(OC)c1OC.Cl. The van der Waals surface area contributed by atoms with E-state index in [2.05, 4.69) is 20.8 Å². The summed E-state index contributed by atoms with van der Waals surface area (Å²) in [6, 6.07) is 3.40. The summed E-state index contributed by atoms with van der Waals surface area (Å²) in [7, 11) is 4.64. The Hall–Kier alpha value is -1.17. The molecule has 0 bridgehead atoms. The van der Waals surface area contributed by atoms with Crippen molar-refractivity contribution in [3.63, 3.8) is 0 Å². The van der Waals surface area contributed by atoms with Crippen LogP contribution in [-0.4, -0.2) is 32.5 Å². The van der Waals surface area contributed by atoms with Crippen LogP contribution in [0.3, 0.4) is 0 Å². The molecule has 0 heterocycles. The summed E-state index contributed by atoms with van der Waals surface area (Å²) in [5, 5.41) is 10.5. The van der Waals surface area contributed by atoms with Gasteiger partial charge in [-0.15, -0.1) is 12.4 Å². The lowest BCUT2D eigenvalue weighted by Crippen LogP contribution is -2.36. The Morgan fingerprint density at radius 1 is 1.05 bits per heavy atom. The van der Waals surface area contributed by atoms with Crippen molar-refractivity contribution in [3.05, 3.63) is 17.7 Å². The Morgan fingerprint density at radius 2 is 1.59 bits per heavy atom. The Bertz CT molecular complexity index is 474. The minimum Gasteiger partial charge on any atom is -0.493 e. The molecule has 5 nitrogen and oxygen atoms in total. The van der Waals surface area contributed by atoms with Crippen LogP contribution < -0.4 is 19.9 Å². The van der Waals surface area contributed by atoms with E-state index in [-0.39, 0.29) is 23.9 Å². The van der Waals surface area contributed by atoms with Gasteiger partial charge in [0.2, 0.25) is 5.75 Å². The Morgan fingerprint density at radius 3 is 2.00 bits per heavy atom. The second-order valence-electron chi connectivity index (χ2n) is 6.15. The van der Waals surface area contributed by atoms with Gasteiger partial charge in [-0.1, -0.05) is 20.8 Å². The number of halogens is 1. The first-order valence-electron chi connectivity index (χ1n) is 6.98. The molecule has 0 saturated carbocycles. The Balaban J connectivity index is 0.00000441. The van der Waals surface area contributed by atoms with E-state index < -0.39 is 6.10 Å². The first-order chi connectivity index (χ1) is 9.76. The normalized spacial score (nSPS) is 13.8. The van der Waals surface area contributed by atoms with Crippen LogP contribution in [0.5, 0.6) is 17.2 Å². The van der Waals surface area contributed by atoms with Crippen LogP contribution in [0.4, 0.5) is 0 Å². The van der Waals surface area contributed by atoms with Crippen LogP contribution >= 0.6 is 12.4 Å². The lowest BCUT2D eigenvalue weighted by atomic mass is 9.83. The van der Waals surface area contributed by atoms with Crippen LogP contribution in [0, 0.1) is 5.41 Å². The molecule has 0 aliphatic heterocycles. The summed E-state index contributed by atoms with van der Waals surface area (Å²) >= 11 is 0. The van der Waals surface area contributed by atoms with Gasteiger partial charge in [-0.05, 0) is 24.0 Å². The fraction of sp³-hybridized carbons (Fsp3) is 0.625. The van der Waals surface area contributed by atoms with Crippen molar-refractivity contribution in [2.75, 3.05) is 21.3 Å². The number of aliphatic hydroxyl groups is 1. The Labute approximate surface area is 139 Å². The maximum absolute atomic E-state index is 10.5. The summed E-state index contributed by atoms with van der Waals surface area (Å²) in [5.41, 5.74) is 6.72. The van der Waals surface area contributed by atoms with Crippen molar-refractivity contribution >= 4 is 12.4 Å². The standard InChI is InChI=1S/C16H27NO4.ClH/c1-16(2,3)13(17)9-11(18)10-7-8-12(19-4)15(21-6)14(10)20-5;/h7-8,11,13,18H,9,17H2,1-6H3;1H/t11-,13+;/m1./s1. The molecule has 0 spiro atoms. The molecule has 128 valence electrons. The average molecular weight is 334 g/mol. The summed E-state index contributed by atoms with van der Waals surface area (Å²) < 4.78 is 16.0. The first-order valence-corrected chi connectivity index (χ1v) is 6.98. The first kappa shape index (κ1) is 20.8. The van der Waals surface area contributed by atoms with Gasteiger partial charge in [0.25, 0.3) is 0 Å². The van der Waals surface area contributed by atoms with E-state index in [1.165, 1.54) is 14.2 Å². The highest BCUT2D eigenvalue weighted by atomic mass is 35.5. The molecule has 22 heavy (non-hydrogen) atoms. The van der Waals surface area contributed by atoms with Crippen molar-refractivity contribution in [2.45, 2.75) is 39.3 Å². The fourth-order valence-electron chi connectivity index (χ4n) is 2.11. The molecule has 0 saturated heterocycles. The van der Waals surface area contributed by atoms with Gasteiger partial charge in [-0.25, -0.2) is 0 Å². The summed E-state index contributed by atoms with van der Waals surface area (Å²) in [6.45, 7) is 6.16. The Kier molecular flexibility index (Phi) is 8.01. The molecule has 2 atom stereocenters. The molecular formula is C16H28ClNO4. The van der Waals surface area contributed by atoms with Crippen molar-refractivity contribution < 1.29 is 19.3 Å². The lowest BCUT2D eigenvalue weighted by molar-refractivity contribution is 0.130. The third kappa shape index (κ3) is 4.66. The number of methoxy groups -OCH3 is 3. The fourth-order valence-corrected chi connectivity index (χ4v) is 2.11. The van der Waals surface area contributed by atoms with Crippen LogP contribution in [0.1, 0.15) is 38.9 Å². The van der Waals surface area contributed by atoms with Crippen molar-refractivity contribution in [1.29, 1.82) is 0 Å². The third-order valence-corrected chi connectivity index (χ3v) is 3.68. The van der Waals surface area contributed by atoms with E-state index in [0.717, 1.165) is 0 Å². The quantitative estimate of drug-likeness (QED) is 0.837. The van der Waals surface area contributed by atoms with Gasteiger partial charge < -0.3 is 25.1 Å². The van der Waals surface area contributed by atoms with Gasteiger partial charge >= 0.3 is 0 Å². The van der Waals surface area contributed by atoms with Crippen molar-refractivity contribution in [3.8, 4) is 17.2 Å². The number of hydrogen-bond donors (Lipinski definition) is 2. The molecule has 0 radical (unpaired) electrons. The molecule has 1 aromatic rings. The maximum Gasteiger partial charge on any atom is 0.203 e. The number of rotatable bonds is 6. The van der Waals surface area contributed by atoms with Gasteiger partial charge in [0.15, 0.2) is 11.5 Å². The lowest BCUT2D eigenvalue weighted by Gasteiger charge is -2.29. The summed E-state index contributed by atoms with van der Waals surface area (Å²) in [5.74, 6) is 1.51. The molecule has 0 fully saturated rings. The number of aliphatic hydroxyl groups excluding tert-OH is 1. The minimum atomic E-state index is -0.728. The van der Waals surface area contributed by atoms with Gasteiger partial charge in [0.1, 0.15) is 0 Å². The van der Waals surface area contributed by atoms with E-state index in [1.54, 1.807) is 19.2 Å².